The maximum atomic E-state index is 11.7. The van der Waals surface area contributed by atoms with Gasteiger partial charge in [-0.15, -0.1) is 0 Å². The van der Waals surface area contributed by atoms with Crippen LogP contribution in [0.1, 0.15) is 39.0 Å². The molecule has 3 N–H and O–H groups in total. The summed E-state index contributed by atoms with van der Waals surface area (Å²) in [5.74, 6) is 1.01. The van der Waals surface area contributed by atoms with E-state index in [0.29, 0.717) is 37.5 Å². The summed E-state index contributed by atoms with van der Waals surface area (Å²) in [7, 11) is 1.68. The average Bonchev–Trinajstić information content (AvgIpc) is 2.27. The lowest BCUT2D eigenvalue weighted by Crippen LogP contribution is -2.34. The summed E-state index contributed by atoms with van der Waals surface area (Å²) in [6.45, 7) is 3.46. The molecule has 0 bridgehead atoms. The van der Waals surface area contributed by atoms with E-state index < -0.39 is 0 Å². The van der Waals surface area contributed by atoms with Crippen molar-refractivity contribution < 1.29 is 9.53 Å². The summed E-state index contributed by atoms with van der Waals surface area (Å²) in [5.41, 5.74) is 5.91. The maximum absolute atomic E-state index is 11.7. The second-order valence-electron chi connectivity index (χ2n) is 5.36. The highest BCUT2D eigenvalue weighted by Gasteiger charge is 2.21. The first-order chi connectivity index (χ1) is 8.11. The molecule has 1 amide bonds. The fraction of sp³-hybridized carbons (Fsp3) is 0.923. The molecule has 3 unspecified atom stereocenters. The zero-order chi connectivity index (χ0) is 12.7. The number of amides is 1. The first-order valence-electron chi connectivity index (χ1n) is 6.63. The fourth-order valence-corrected chi connectivity index (χ4v) is 2.48. The van der Waals surface area contributed by atoms with Crippen LogP contribution in [0.25, 0.3) is 0 Å². The Balaban J connectivity index is 2.15. The van der Waals surface area contributed by atoms with Crippen molar-refractivity contribution in [2.75, 3.05) is 20.3 Å². The van der Waals surface area contributed by atoms with E-state index >= 15 is 0 Å². The van der Waals surface area contributed by atoms with Crippen molar-refractivity contribution >= 4 is 5.91 Å². The number of hydrogen-bond donors (Lipinski definition) is 2. The van der Waals surface area contributed by atoms with Crippen LogP contribution in [0.4, 0.5) is 0 Å². The van der Waals surface area contributed by atoms with Crippen LogP contribution in [0.2, 0.25) is 0 Å². The molecule has 4 nitrogen and oxygen atoms in total. The van der Waals surface area contributed by atoms with E-state index in [1.165, 1.54) is 6.42 Å². The summed E-state index contributed by atoms with van der Waals surface area (Å²) < 4.78 is 5.03. The summed E-state index contributed by atoms with van der Waals surface area (Å²) in [6.07, 6.45) is 5.06. The number of nitrogens with two attached hydrogens (primary N) is 1. The van der Waals surface area contributed by atoms with Gasteiger partial charge in [0.1, 0.15) is 0 Å². The van der Waals surface area contributed by atoms with Crippen LogP contribution < -0.4 is 11.1 Å². The largest absolute Gasteiger partial charge is 0.384 e. The molecule has 1 aliphatic carbocycles. The first kappa shape index (κ1) is 14.5. The smallest absolute Gasteiger partial charge is 0.220 e. The van der Waals surface area contributed by atoms with Gasteiger partial charge < -0.3 is 15.8 Å². The third-order valence-electron chi connectivity index (χ3n) is 3.40. The maximum Gasteiger partial charge on any atom is 0.220 e. The highest BCUT2D eigenvalue weighted by atomic mass is 16.5. The van der Waals surface area contributed by atoms with Crippen molar-refractivity contribution in [3.05, 3.63) is 0 Å². The second-order valence-corrected chi connectivity index (χ2v) is 5.36. The predicted molar refractivity (Wildman–Crippen MR) is 68.6 cm³/mol. The van der Waals surface area contributed by atoms with Gasteiger partial charge in [0.15, 0.2) is 0 Å². The van der Waals surface area contributed by atoms with Gasteiger partial charge in [0.25, 0.3) is 0 Å². The molecule has 4 heteroatoms. The van der Waals surface area contributed by atoms with Crippen molar-refractivity contribution in [3.63, 3.8) is 0 Å². The molecule has 0 aromatic rings. The first-order valence-corrected chi connectivity index (χ1v) is 6.63. The van der Waals surface area contributed by atoms with Crippen LogP contribution in [0, 0.1) is 11.8 Å². The quantitative estimate of drug-likeness (QED) is 0.737. The van der Waals surface area contributed by atoms with E-state index in [2.05, 4.69) is 12.2 Å². The van der Waals surface area contributed by atoms with Crippen LogP contribution >= 0.6 is 0 Å². The van der Waals surface area contributed by atoms with E-state index in [-0.39, 0.29) is 5.91 Å². The van der Waals surface area contributed by atoms with Gasteiger partial charge in [-0.05, 0) is 31.1 Å². The molecule has 3 atom stereocenters. The van der Waals surface area contributed by atoms with E-state index in [9.17, 15) is 4.79 Å². The molecular formula is C13H26N2O2. The number of nitrogens with one attached hydrogen (secondary N) is 1. The summed E-state index contributed by atoms with van der Waals surface area (Å²) in [6, 6.07) is 0.300. The number of ether oxygens (including phenoxy) is 1. The summed E-state index contributed by atoms with van der Waals surface area (Å²) in [4.78, 5) is 11.7. The molecule has 1 aliphatic rings. The van der Waals surface area contributed by atoms with Gasteiger partial charge in [0.2, 0.25) is 5.91 Å². The summed E-state index contributed by atoms with van der Waals surface area (Å²) >= 11 is 0. The second kappa shape index (κ2) is 7.67. The molecule has 0 aromatic carbocycles. The minimum atomic E-state index is 0.159. The van der Waals surface area contributed by atoms with Gasteiger partial charge in [0.05, 0.1) is 6.61 Å². The van der Waals surface area contributed by atoms with Crippen LogP contribution in [0.15, 0.2) is 0 Å². The normalized spacial score (nSPS) is 26.5. The lowest BCUT2D eigenvalue weighted by atomic mass is 9.84. The average molecular weight is 242 g/mol. The molecule has 0 aromatic heterocycles. The monoisotopic (exact) mass is 242 g/mol. The third-order valence-corrected chi connectivity index (χ3v) is 3.40. The van der Waals surface area contributed by atoms with E-state index in [1.54, 1.807) is 7.11 Å². The molecule has 0 heterocycles. The minimum Gasteiger partial charge on any atom is -0.384 e. The van der Waals surface area contributed by atoms with Gasteiger partial charge in [-0.2, -0.15) is 0 Å². The van der Waals surface area contributed by atoms with Crippen LogP contribution in [0.5, 0.6) is 0 Å². The Hall–Kier alpha value is -0.610. The van der Waals surface area contributed by atoms with Crippen molar-refractivity contribution in [2.45, 2.75) is 45.1 Å². The Bertz CT molecular complexity index is 233. The van der Waals surface area contributed by atoms with E-state index in [4.69, 9.17) is 10.5 Å². The lowest BCUT2D eigenvalue weighted by Gasteiger charge is -2.26. The van der Waals surface area contributed by atoms with Gasteiger partial charge in [-0.3, -0.25) is 4.79 Å². The molecule has 1 rings (SSSR count). The molecule has 0 radical (unpaired) electrons. The van der Waals surface area contributed by atoms with Crippen LogP contribution in [-0.2, 0) is 9.53 Å². The third kappa shape index (κ3) is 6.03. The molecule has 1 saturated carbocycles. The highest BCUT2D eigenvalue weighted by Crippen LogP contribution is 2.25. The molecule has 0 saturated heterocycles. The van der Waals surface area contributed by atoms with E-state index in [1.807, 2.05) is 0 Å². The Morgan fingerprint density at radius 1 is 1.53 bits per heavy atom. The zero-order valence-corrected chi connectivity index (χ0v) is 11.1. The summed E-state index contributed by atoms with van der Waals surface area (Å²) in [5, 5.41) is 2.97. The standard InChI is InChI=1S/C13H26N2O2/c1-10(9-17-2)8-15-13(16)7-11-4-3-5-12(14)6-11/h10-12H,3-9,14H2,1-2H3,(H,15,16). The number of hydrogen-bond acceptors (Lipinski definition) is 3. The van der Waals surface area contributed by atoms with Crippen LogP contribution in [0.3, 0.4) is 0 Å². The Morgan fingerprint density at radius 3 is 2.94 bits per heavy atom. The number of methoxy groups -OCH3 is 1. The Labute approximate surface area is 104 Å². The van der Waals surface area contributed by atoms with Gasteiger partial charge in [-0.25, -0.2) is 0 Å². The zero-order valence-electron chi connectivity index (χ0n) is 11.1. The number of carbonyl (C=O) groups is 1. The molecule has 100 valence electrons. The molecular weight excluding hydrogens is 216 g/mol. The SMILES string of the molecule is COCC(C)CNC(=O)CC1CCCC(N)C1. The number of rotatable bonds is 6. The lowest BCUT2D eigenvalue weighted by molar-refractivity contribution is -0.122. The van der Waals surface area contributed by atoms with Gasteiger partial charge >= 0.3 is 0 Å². The molecule has 1 fully saturated rings. The van der Waals surface area contributed by atoms with Gasteiger partial charge in [0, 0.05) is 26.1 Å². The van der Waals surface area contributed by atoms with Crippen molar-refractivity contribution in [1.82, 2.24) is 5.32 Å². The molecule has 17 heavy (non-hydrogen) atoms. The van der Waals surface area contributed by atoms with Crippen LogP contribution in [-0.4, -0.2) is 32.2 Å². The Kier molecular flexibility index (Phi) is 6.52. The molecule has 0 spiro atoms. The highest BCUT2D eigenvalue weighted by molar-refractivity contribution is 5.76. The number of carbonyl (C=O) groups excluding carboxylic acids is 1. The topological polar surface area (TPSA) is 64.3 Å². The van der Waals surface area contributed by atoms with Gasteiger partial charge in [-0.1, -0.05) is 13.3 Å². The minimum absolute atomic E-state index is 0.159. The molecule has 0 aliphatic heterocycles. The predicted octanol–water partition coefficient (Wildman–Crippen LogP) is 1.29. The van der Waals surface area contributed by atoms with Crippen molar-refractivity contribution in [1.29, 1.82) is 0 Å². The van der Waals surface area contributed by atoms with E-state index in [0.717, 1.165) is 19.3 Å². The van der Waals surface area contributed by atoms with Crippen molar-refractivity contribution in [3.8, 4) is 0 Å². The van der Waals surface area contributed by atoms with Crippen molar-refractivity contribution in [2.24, 2.45) is 17.6 Å². The fourth-order valence-electron chi connectivity index (χ4n) is 2.48. The Morgan fingerprint density at radius 2 is 2.29 bits per heavy atom.